The maximum absolute atomic E-state index is 11.6. The summed E-state index contributed by atoms with van der Waals surface area (Å²) in [5.41, 5.74) is 1.46. The Hall–Kier alpha value is -1.83. The number of aromatic nitrogens is 1. The van der Waals surface area contributed by atoms with Crippen LogP contribution in [0.2, 0.25) is 10.0 Å². The lowest BCUT2D eigenvalue weighted by Gasteiger charge is -2.27. The highest BCUT2D eigenvalue weighted by atomic mass is 35.5. The van der Waals surface area contributed by atoms with E-state index in [1.807, 2.05) is 19.2 Å². The summed E-state index contributed by atoms with van der Waals surface area (Å²) in [6, 6.07) is 4.05. The Bertz CT molecular complexity index is 805. The molecule has 0 radical (unpaired) electrons. The average Bonchev–Trinajstić information content (AvgIpc) is 3.01. The van der Waals surface area contributed by atoms with Crippen molar-refractivity contribution < 1.29 is 19.8 Å². The van der Waals surface area contributed by atoms with Crippen LogP contribution in [0.1, 0.15) is 25.3 Å². The van der Waals surface area contributed by atoms with Gasteiger partial charge in [-0.25, -0.2) is 14.6 Å². The molecule has 0 saturated carbocycles. The number of thiazole rings is 1. The highest BCUT2D eigenvalue weighted by Gasteiger charge is 2.30. The van der Waals surface area contributed by atoms with E-state index in [9.17, 15) is 19.8 Å². The molecule has 1 aromatic heterocycles. The van der Waals surface area contributed by atoms with E-state index in [1.54, 1.807) is 18.2 Å². The van der Waals surface area contributed by atoms with E-state index < -0.39 is 18.1 Å². The van der Waals surface area contributed by atoms with Crippen molar-refractivity contribution in [1.29, 1.82) is 0 Å². The van der Waals surface area contributed by atoms with Crippen LogP contribution < -0.4 is 0 Å². The van der Waals surface area contributed by atoms with E-state index in [0.29, 0.717) is 27.2 Å². The largest absolute Gasteiger partial charge is 0.480 e. The maximum Gasteiger partial charge on any atom is 0.408 e. The Labute approximate surface area is 171 Å². The number of carbonyl (C=O) groups is 2. The maximum atomic E-state index is 11.6. The number of hydrogen-bond donors (Lipinski definition) is 2. The highest BCUT2D eigenvalue weighted by Crippen LogP contribution is 2.28. The summed E-state index contributed by atoms with van der Waals surface area (Å²) in [7, 11) is 0. The van der Waals surface area contributed by atoms with Crippen LogP contribution in [0.4, 0.5) is 4.79 Å². The minimum absolute atomic E-state index is 0.0578. The zero-order valence-corrected chi connectivity index (χ0v) is 17.2. The molecule has 1 amide bonds. The third-order valence-corrected chi connectivity index (χ3v) is 5.22. The van der Waals surface area contributed by atoms with Gasteiger partial charge in [0.25, 0.3) is 0 Å². The molecule has 0 aliphatic heterocycles. The Kier molecular flexibility index (Phi) is 7.47. The van der Waals surface area contributed by atoms with Crippen molar-refractivity contribution >= 4 is 46.6 Å². The van der Waals surface area contributed by atoms with Crippen LogP contribution in [0.15, 0.2) is 23.6 Å². The van der Waals surface area contributed by atoms with Gasteiger partial charge in [-0.05, 0) is 30.5 Å². The predicted octanol–water partition coefficient (Wildman–Crippen LogP) is 5.14. The van der Waals surface area contributed by atoms with Gasteiger partial charge in [-0.1, -0.05) is 37.0 Å². The lowest BCUT2D eigenvalue weighted by Crippen LogP contribution is -2.46. The third kappa shape index (κ3) is 6.09. The van der Waals surface area contributed by atoms with E-state index in [-0.39, 0.29) is 18.9 Å². The first kappa shape index (κ1) is 21.5. The van der Waals surface area contributed by atoms with Gasteiger partial charge in [0.1, 0.15) is 6.04 Å². The molecular weight excluding hydrogens is 411 g/mol. The van der Waals surface area contributed by atoms with Gasteiger partial charge in [0, 0.05) is 34.0 Å². The molecule has 146 valence electrons. The summed E-state index contributed by atoms with van der Waals surface area (Å²) in [5.74, 6) is -1.08. The van der Waals surface area contributed by atoms with Crippen molar-refractivity contribution in [3.05, 3.63) is 38.6 Å². The van der Waals surface area contributed by atoms with Crippen LogP contribution in [0.5, 0.6) is 0 Å². The average molecular weight is 431 g/mol. The van der Waals surface area contributed by atoms with Gasteiger partial charge < -0.3 is 10.2 Å². The Morgan fingerprint density at radius 2 is 1.81 bits per heavy atom. The summed E-state index contributed by atoms with van der Waals surface area (Å²) < 4.78 is 0. The minimum Gasteiger partial charge on any atom is -0.480 e. The van der Waals surface area contributed by atoms with Crippen LogP contribution in [0, 0.1) is 5.92 Å². The molecule has 0 bridgehead atoms. The standard InChI is InChI=1S/C18H20Cl2N2O4S/c1-10(2)5-15(17(23)24)22(18(25)26)4-3-16-21-14(9-27-16)11-6-12(19)8-13(20)7-11/h6-10,15H,3-5H2,1-2H3,(H,23,24)(H,25,26). The van der Waals surface area contributed by atoms with Gasteiger partial charge in [-0.3, -0.25) is 4.90 Å². The van der Waals surface area contributed by atoms with Crippen LogP contribution in [0.3, 0.4) is 0 Å². The summed E-state index contributed by atoms with van der Waals surface area (Å²) in [6.45, 7) is 3.78. The molecule has 0 fully saturated rings. The van der Waals surface area contributed by atoms with Gasteiger partial charge in [0.15, 0.2) is 0 Å². The number of carboxylic acids is 1. The first-order valence-corrected chi connectivity index (χ1v) is 9.94. The van der Waals surface area contributed by atoms with E-state index in [4.69, 9.17) is 23.2 Å². The van der Waals surface area contributed by atoms with E-state index in [2.05, 4.69) is 4.98 Å². The molecule has 1 atom stereocenters. The second-order valence-corrected chi connectivity index (χ2v) is 8.31. The number of aliphatic carboxylic acids is 1. The normalized spacial score (nSPS) is 12.2. The molecule has 1 aromatic carbocycles. The Morgan fingerprint density at radius 1 is 1.19 bits per heavy atom. The number of rotatable bonds is 8. The molecular formula is C18H20Cl2N2O4S. The highest BCUT2D eigenvalue weighted by molar-refractivity contribution is 7.09. The van der Waals surface area contributed by atoms with Crippen molar-refractivity contribution in [1.82, 2.24) is 9.88 Å². The number of halogens is 2. The fraction of sp³-hybridized carbons (Fsp3) is 0.389. The van der Waals surface area contributed by atoms with Gasteiger partial charge in [-0.15, -0.1) is 11.3 Å². The van der Waals surface area contributed by atoms with Gasteiger partial charge in [0.05, 0.1) is 10.7 Å². The molecule has 6 nitrogen and oxygen atoms in total. The summed E-state index contributed by atoms with van der Waals surface area (Å²) >= 11 is 13.4. The molecule has 2 aromatic rings. The second-order valence-electron chi connectivity index (χ2n) is 6.49. The molecule has 1 unspecified atom stereocenters. The molecule has 0 spiro atoms. The van der Waals surface area contributed by atoms with Gasteiger partial charge in [-0.2, -0.15) is 0 Å². The topological polar surface area (TPSA) is 90.7 Å². The first-order valence-electron chi connectivity index (χ1n) is 8.30. The van der Waals surface area contributed by atoms with Crippen molar-refractivity contribution in [2.24, 2.45) is 5.92 Å². The monoisotopic (exact) mass is 430 g/mol. The summed E-state index contributed by atoms with van der Waals surface area (Å²) in [5, 5.41) is 22.4. The molecule has 0 aliphatic carbocycles. The SMILES string of the molecule is CC(C)CC(C(=O)O)N(CCc1nc(-c2cc(Cl)cc(Cl)c2)cs1)C(=O)O. The zero-order valence-electron chi connectivity index (χ0n) is 14.9. The first-order chi connectivity index (χ1) is 12.7. The molecule has 0 saturated heterocycles. The number of nitrogens with zero attached hydrogens (tertiary/aromatic N) is 2. The van der Waals surface area contributed by atoms with Gasteiger partial charge >= 0.3 is 12.1 Å². The number of benzene rings is 1. The molecule has 27 heavy (non-hydrogen) atoms. The summed E-state index contributed by atoms with van der Waals surface area (Å²) in [6.07, 6.45) is -0.666. The van der Waals surface area contributed by atoms with Crippen molar-refractivity contribution in [3.63, 3.8) is 0 Å². The zero-order chi connectivity index (χ0) is 20.1. The minimum atomic E-state index is -1.25. The smallest absolute Gasteiger partial charge is 0.408 e. The number of amides is 1. The van der Waals surface area contributed by atoms with Crippen LogP contribution >= 0.6 is 34.5 Å². The van der Waals surface area contributed by atoms with Crippen LogP contribution in [0.25, 0.3) is 11.3 Å². The van der Waals surface area contributed by atoms with E-state index in [1.165, 1.54) is 11.3 Å². The lowest BCUT2D eigenvalue weighted by atomic mass is 10.0. The Morgan fingerprint density at radius 3 is 2.33 bits per heavy atom. The van der Waals surface area contributed by atoms with Crippen molar-refractivity contribution in [2.75, 3.05) is 6.54 Å². The van der Waals surface area contributed by atoms with E-state index in [0.717, 1.165) is 10.5 Å². The van der Waals surface area contributed by atoms with Crippen LogP contribution in [-0.4, -0.2) is 44.7 Å². The van der Waals surface area contributed by atoms with Crippen LogP contribution in [-0.2, 0) is 11.2 Å². The number of hydrogen-bond acceptors (Lipinski definition) is 4. The quantitative estimate of drug-likeness (QED) is 0.604. The lowest BCUT2D eigenvalue weighted by molar-refractivity contribution is -0.143. The fourth-order valence-corrected chi connectivity index (χ4v) is 3.99. The van der Waals surface area contributed by atoms with Crippen molar-refractivity contribution in [2.45, 2.75) is 32.7 Å². The summed E-state index contributed by atoms with van der Waals surface area (Å²) in [4.78, 5) is 28.5. The molecule has 2 N–H and O–H groups in total. The fourth-order valence-electron chi connectivity index (χ4n) is 2.67. The molecule has 9 heteroatoms. The van der Waals surface area contributed by atoms with Crippen molar-refractivity contribution in [3.8, 4) is 11.3 Å². The van der Waals surface area contributed by atoms with Gasteiger partial charge in [0.2, 0.25) is 0 Å². The Balaban J connectivity index is 2.13. The second kappa shape index (κ2) is 9.39. The molecule has 1 heterocycles. The molecule has 0 aliphatic rings. The number of carboxylic acid groups (broad SMARTS) is 2. The molecule has 2 rings (SSSR count). The predicted molar refractivity (Wildman–Crippen MR) is 107 cm³/mol. The third-order valence-electron chi connectivity index (χ3n) is 3.88. The van der Waals surface area contributed by atoms with E-state index >= 15 is 0 Å².